The van der Waals surface area contributed by atoms with E-state index < -0.39 is 0 Å². The summed E-state index contributed by atoms with van der Waals surface area (Å²) in [6.45, 7) is 4.55. The monoisotopic (exact) mass is 270 g/mol. The summed E-state index contributed by atoms with van der Waals surface area (Å²) in [6.07, 6.45) is 0.677. The highest BCUT2D eigenvalue weighted by molar-refractivity contribution is 6.31. The van der Waals surface area contributed by atoms with Crippen LogP contribution in [0.2, 0.25) is 5.02 Å². The maximum atomic E-state index is 11.7. The van der Waals surface area contributed by atoms with Crippen molar-refractivity contribution in [3.63, 3.8) is 0 Å². The molecule has 0 fully saturated rings. The number of aryl methyl sites for hydroxylation is 1. The van der Waals surface area contributed by atoms with E-state index in [9.17, 15) is 4.79 Å². The first-order chi connectivity index (χ1) is 8.52. The molecule has 18 heavy (non-hydrogen) atoms. The molecule has 0 saturated heterocycles. The summed E-state index contributed by atoms with van der Waals surface area (Å²) in [4.78, 5) is 11.7. The van der Waals surface area contributed by atoms with Crippen LogP contribution >= 0.6 is 11.6 Å². The Hall–Kier alpha value is -1.26. The number of aliphatic hydroxyl groups excluding tert-OH is 1. The molecule has 0 aliphatic carbocycles. The standard InChI is InChI=1S/C13H19ClN2O2/c1-9(5-6-17)8-15-13(18)16-12-7-11(14)4-3-10(12)2/h3-4,7,9,17H,5-6,8H2,1-2H3,(H2,15,16,18). The van der Waals surface area contributed by atoms with E-state index in [1.54, 1.807) is 12.1 Å². The number of urea groups is 1. The van der Waals surface area contributed by atoms with Gasteiger partial charge in [0.1, 0.15) is 0 Å². The van der Waals surface area contributed by atoms with Gasteiger partial charge in [-0.25, -0.2) is 4.79 Å². The first-order valence-corrected chi connectivity index (χ1v) is 6.32. The van der Waals surface area contributed by atoms with E-state index in [-0.39, 0.29) is 18.6 Å². The van der Waals surface area contributed by atoms with E-state index in [1.807, 2.05) is 19.9 Å². The zero-order chi connectivity index (χ0) is 13.5. The van der Waals surface area contributed by atoms with Gasteiger partial charge in [-0.1, -0.05) is 24.6 Å². The Bertz CT molecular complexity index is 410. The van der Waals surface area contributed by atoms with Crippen LogP contribution in [0.15, 0.2) is 18.2 Å². The number of halogens is 1. The average Bonchev–Trinajstić information content (AvgIpc) is 2.32. The fourth-order valence-electron chi connectivity index (χ4n) is 1.48. The molecule has 0 spiro atoms. The molecule has 4 nitrogen and oxygen atoms in total. The number of hydrogen-bond donors (Lipinski definition) is 3. The van der Waals surface area contributed by atoms with E-state index >= 15 is 0 Å². The molecule has 3 N–H and O–H groups in total. The molecule has 0 radical (unpaired) electrons. The summed E-state index contributed by atoms with van der Waals surface area (Å²) in [5, 5.41) is 14.9. The molecule has 0 aliphatic heterocycles. The highest BCUT2D eigenvalue weighted by atomic mass is 35.5. The second kappa shape index (κ2) is 7.24. The molecule has 2 amide bonds. The maximum Gasteiger partial charge on any atom is 0.319 e. The number of rotatable bonds is 5. The summed E-state index contributed by atoms with van der Waals surface area (Å²) in [7, 11) is 0. The van der Waals surface area contributed by atoms with Gasteiger partial charge >= 0.3 is 6.03 Å². The highest BCUT2D eigenvalue weighted by Crippen LogP contribution is 2.19. The lowest BCUT2D eigenvalue weighted by Gasteiger charge is -2.13. The zero-order valence-corrected chi connectivity index (χ0v) is 11.4. The van der Waals surface area contributed by atoms with E-state index in [2.05, 4.69) is 10.6 Å². The Balaban J connectivity index is 2.47. The number of aliphatic hydroxyl groups is 1. The van der Waals surface area contributed by atoms with Crippen LogP contribution in [0.25, 0.3) is 0 Å². The summed E-state index contributed by atoms with van der Waals surface area (Å²) < 4.78 is 0. The minimum Gasteiger partial charge on any atom is -0.396 e. The number of anilines is 1. The normalized spacial score (nSPS) is 12.0. The first-order valence-electron chi connectivity index (χ1n) is 5.94. The van der Waals surface area contributed by atoms with Gasteiger partial charge in [-0.2, -0.15) is 0 Å². The fraction of sp³-hybridized carbons (Fsp3) is 0.462. The van der Waals surface area contributed by atoms with Crippen LogP contribution in [0, 0.1) is 12.8 Å². The molecule has 0 aliphatic rings. The van der Waals surface area contributed by atoms with E-state index in [0.29, 0.717) is 23.7 Å². The number of carbonyl (C=O) groups excluding carboxylic acids is 1. The largest absolute Gasteiger partial charge is 0.396 e. The molecular formula is C13H19ClN2O2. The second-order valence-corrected chi connectivity index (χ2v) is 4.85. The van der Waals surface area contributed by atoms with Crippen LogP contribution in [-0.2, 0) is 0 Å². The molecule has 100 valence electrons. The molecule has 5 heteroatoms. The summed E-state index contributed by atoms with van der Waals surface area (Å²) in [6, 6.07) is 5.09. The number of benzene rings is 1. The molecule has 1 aromatic rings. The Labute approximate surface area is 112 Å². The van der Waals surface area contributed by atoms with Crippen molar-refractivity contribution in [1.82, 2.24) is 5.32 Å². The van der Waals surface area contributed by atoms with Crippen LogP contribution in [0.1, 0.15) is 18.9 Å². The highest BCUT2D eigenvalue weighted by Gasteiger charge is 2.07. The lowest BCUT2D eigenvalue weighted by molar-refractivity contribution is 0.243. The molecular weight excluding hydrogens is 252 g/mol. The van der Waals surface area contributed by atoms with Crippen molar-refractivity contribution in [1.29, 1.82) is 0 Å². The van der Waals surface area contributed by atoms with Crippen molar-refractivity contribution in [3.8, 4) is 0 Å². The van der Waals surface area contributed by atoms with E-state index in [1.165, 1.54) is 0 Å². The van der Waals surface area contributed by atoms with Gasteiger partial charge in [-0.3, -0.25) is 0 Å². The number of carbonyl (C=O) groups is 1. The zero-order valence-electron chi connectivity index (χ0n) is 10.7. The predicted octanol–water partition coefficient (Wildman–Crippen LogP) is 2.79. The van der Waals surface area contributed by atoms with Crippen molar-refractivity contribution in [2.75, 3.05) is 18.5 Å². The van der Waals surface area contributed by atoms with Gasteiger partial charge in [0.2, 0.25) is 0 Å². The maximum absolute atomic E-state index is 11.7. The first kappa shape index (κ1) is 14.8. The quantitative estimate of drug-likeness (QED) is 0.770. The predicted molar refractivity (Wildman–Crippen MR) is 74.1 cm³/mol. The van der Waals surface area contributed by atoms with Gasteiger partial charge in [-0.05, 0) is 37.0 Å². The molecule has 1 rings (SSSR count). The summed E-state index contributed by atoms with van der Waals surface area (Å²) >= 11 is 5.87. The number of hydrogen-bond acceptors (Lipinski definition) is 2. The smallest absolute Gasteiger partial charge is 0.319 e. The van der Waals surface area contributed by atoms with Crippen LogP contribution < -0.4 is 10.6 Å². The molecule has 1 unspecified atom stereocenters. The van der Waals surface area contributed by atoms with Gasteiger partial charge in [-0.15, -0.1) is 0 Å². The summed E-state index contributed by atoms with van der Waals surface area (Å²) in [5.41, 5.74) is 1.66. The van der Waals surface area contributed by atoms with Crippen LogP contribution in [0.4, 0.5) is 10.5 Å². The average molecular weight is 271 g/mol. The van der Waals surface area contributed by atoms with Gasteiger partial charge in [0.15, 0.2) is 0 Å². The third-order valence-electron chi connectivity index (χ3n) is 2.68. The van der Waals surface area contributed by atoms with Crippen molar-refractivity contribution >= 4 is 23.3 Å². The Morgan fingerprint density at radius 1 is 1.50 bits per heavy atom. The third kappa shape index (κ3) is 4.94. The van der Waals surface area contributed by atoms with Crippen molar-refractivity contribution < 1.29 is 9.90 Å². The van der Waals surface area contributed by atoms with Crippen LogP contribution in [0.3, 0.4) is 0 Å². The van der Waals surface area contributed by atoms with Gasteiger partial charge < -0.3 is 15.7 Å². The third-order valence-corrected chi connectivity index (χ3v) is 2.92. The minimum atomic E-state index is -0.259. The lowest BCUT2D eigenvalue weighted by atomic mass is 10.1. The second-order valence-electron chi connectivity index (χ2n) is 4.41. The molecule has 0 aromatic heterocycles. The SMILES string of the molecule is Cc1ccc(Cl)cc1NC(=O)NCC(C)CCO. The lowest BCUT2D eigenvalue weighted by Crippen LogP contribution is -2.32. The van der Waals surface area contributed by atoms with E-state index in [4.69, 9.17) is 16.7 Å². The van der Waals surface area contributed by atoms with Gasteiger partial charge in [0.25, 0.3) is 0 Å². The number of nitrogens with one attached hydrogen (secondary N) is 2. The van der Waals surface area contributed by atoms with Crippen molar-refractivity contribution in [2.45, 2.75) is 20.3 Å². The summed E-state index contributed by atoms with van der Waals surface area (Å²) in [5.74, 6) is 0.251. The molecule has 0 saturated carbocycles. The minimum absolute atomic E-state index is 0.137. The Morgan fingerprint density at radius 3 is 2.89 bits per heavy atom. The number of amides is 2. The fourth-order valence-corrected chi connectivity index (χ4v) is 1.66. The Morgan fingerprint density at radius 2 is 2.22 bits per heavy atom. The van der Waals surface area contributed by atoms with Crippen LogP contribution in [0.5, 0.6) is 0 Å². The molecule has 0 bridgehead atoms. The molecule has 1 atom stereocenters. The van der Waals surface area contributed by atoms with E-state index in [0.717, 1.165) is 5.56 Å². The van der Waals surface area contributed by atoms with Crippen molar-refractivity contribution in [3.05, 3.63) is 28.8 Å². The molecule has 0 heterocycles. The van der Waals surface area contributed by atoms with Crippen LogP contribution in [-0.4, -0.2) is 24.3 Å². The topological polar surface area (TPSA) is 61.4 Å². The van der Waals surface area contributed by atoms with Gasteiger partial charge in [0, 0.05) is 23.9 Å². The van der Waals surface area contributed by atoms with Crippen molar-refractivity contribution in [2.24, 2.45) is 5.92 Å². The van der Waals surface area contributed by atoms with Gasteiger partial charge in [0.05, 0.1) is 0 Å². The molecule has 1 aromatic carbocycles. The Kier molecular flexibility index (Phi) is 5.95.